The highest BCUT2D eigenvalue weighted by molar-refractivity contribution is 5.88. The number of benzene rings is 1. The van der Waals surface area contributed by atoms with Crippen LogP contribution in [0.4, 0.5) is 10.1 Å². The van der Waals surface area contributed by atoms with Crippen molar-refractivity contribution < 1.29 is 14.3 Å². The normalized spacial score (nSPS) is 16.7. The van der Waals surface area contributed by atoms with E-state index in [0.29, 0.717) is 11.6 Å². The average molecular weight is 280 g/mol. The number of rotatable bonds is 4. The molecule has 1 aliphatic rings. The Balaban J connectivity index is 2.02. The lowest BCUT2D eigenvalue weighted by Gasteiger charge is -2.34. The molecule has 0 saturated carbocycles. The van der Waals surface area contributed by atoms with Crippen molar-refractivity contribution in [1.82, 2.24) is 4.90 Å². The van der Waals surface area contributed by atoms with Crippen molar-refractivity contribution in [3.8, 4) is 0 Å². The van der Waals surface area contributed by atoms with Crippen molar-refractivity contribution >= 4 is 11.7 Å². The van der Waals surface area contributed by atoms with Gasteiger partial charge in [-0.05, 0) is 51.1 Å². The van der Waals surface area contributed by atoms with Crippen molar-refractivity contribution in [2.45, 2.75) is 12.8 Å². The van der Waals surface area contributed by atoms with E-state index in [2.05, 4.69) is 19.0 Å². The van der Waals surface area contributed by atoms with E-state index in [0.717, 1.165) is 38.5 Å². The smallest absolute Gasteiger partial charge is 0.335 e. The van der Waals surface area contributed by atoms with Crippen molar-refractivity contribution in [2.24, 2.45) is 5.92 Å². The largest absolute Gasteiger partial charge is 0.478 e. The Morgan fingerprint density at radius 1 is 1.40 bits per heavy atom. The molecule has 1 heterocycles. The van der Waals surface area contributed by atoms with Crippen LogP contribution >= 0.6 is 0 Å². The zero-order chi connectivity index (χ0) is 14.7. The second-order valence-corrected chi connectivity index (χ2v) is 5.66. The van der Waals surface area contributed by atoms with Crippen LogP contribution < -0.4 is 4.90 Å². The van der Waals surface area contributed by atoms with E-state index in [9.17, 15) is 9.18 Å². The summed E-state index contributed by atoms with van der Waals surface area (Å²) in [5, 5.41) is 8.84. The molecule has 0 aromatic heterocycles. The second-order valence-electron chi connectivity index (χ2n) is 5.66. The number of nitrogens with zero attached hydrogens (tertiary/aromatic N) is 2. The number of carboxylic acids is 1. The lowest BCUT2D eigenvalue weighted by atomic mass is 9.96. The van der Waals surface area contributed by atoms with Crippen molar-refractivity contribution in [2.75, 3.05) is 38.6 Å². The van der Waals surface area contributed by atoms with E-state index in [1.165, 1.54) is 6.07 Å². The predicted molar refractivity (Wildman–Crippen MR) is 76.9 cm³/mol. The molecule has 0 spiro atoms. The summed E-state index contributed by atoms with van der Waals surface area (Å²) in [5.41, 5.74) is 0.507. The Morgan fingerprint density at radius 3 is 2.55 bits per heavy atom. The number of piperidine rings is 1. The predicted octanol–water partition coefficient (Wildman–Crippen LogP) is 2.30. The van der Waals surface area contributed by atoms with Gasteiger partial charge < -0.3 is 14.9 Å². The molecule has 5 heteroatoms. The molecule has 20 heavy (non-hydrogen) atoms. The molecular formula is C15H21FN2O2. The Morgan fingerprint density at radius 2 is 2.05 bits per heavy atom. The minimum Gasteiger partial charge on any atom is -0.478 e. The van der Waals surface area contributed by atoms with Gasteiger partial charge in [-0.15, -0.1) is 0 Å². The SMILES string of the molecule is CN(C)CC1CCN(c2ccc(C(=O)O)cc2F)CC1. The van der Waals surface area contributed by atoms with Gasteiger partial charge in [0, 0.05) is 19.6 Å². The molecule has 1 fully saturated rings. The van der Waals surface area contributed by atoms with E-state index in [4.69, 9.17) is 5.11 Å². The monoisotopic (exact) mass is 280 g/mol. The van der Waals surface area contributed by atoms with Crippen LogP contribution in [0.1, 0.15) is 23.2 Å². The number of carbonyl (C=O) groups is 1. The lowest BCUT2D eigenvalue weighted by Crippen LogP contribution is -2.37. The first kappa shape index (κ1) is 14.8. The topological polar surface area (TPSA) is 43.8 Å². The molecule has 0 unspecified atom stereocenters. The number of hydrogen-bond acceptors (Lipinski definition) is 3. The molecule has 1 saturated heterocycles. The molecular weight excluding hydrogens is 259 g/mol. The summed E-state index contributed by atoms with van der Waals surface area (Å²) in [6.07, 6.45) is 2.08. The molecule has 0 atom stereocenters. The Bertz CT molecular complexity index is 483. The minimum absolute atomic E-state index is 0.00579. The van der Waals surface area contributed by atoms with E-state index in [1.54, 1.807) is 6.07 Å². The van der Waals surface area contributed by atoms with Gasteiger partial charge in [-0.2, -0.15) is 0 Å². The fourth-order valence-corrected chi connectivity index (χ4v) is 2.77. The number of anilines is 1. The molecule has 1 aromatic carbocycles. The standard InChI is InChI=1S/C15H21FN2O2/c1-17(2)10-11-5-7-18(8-6-11)14-4-3-12(15(19)20)9-13(14)16/h3-4,9,11H,5-8,10H2,1-2H3,(H,19,20). The van der Waals surface area contributed by atoms with Crippen LogP contribution in [0, 0.1) is 11.7 Å². The maximum absolute atomic E-state index is 14.0. The van der Waals surface area contributed by atoms with Crippen molar-refractivity contribution in [1.29, 1.82) is 0 Å². The number of hydrogen-bond donors (Lipinski definition) is 1. The Kier molecular flexibility index (Phi) is 4.60. The summed E-state index contributed by atoms with van der Waals surface area (Å²) < 4.78 is 14.0. The average Bonchev–Trinajstić information content (AvgIpc) is 2.39. The highest BCUT2D eigenvalue weighted by Gasteiger charge is 2.22. The zero-order valence-electron chi connectivity index (χ0n) is 12.0. The molecule has 0 radical (unpaired) electrons. The van der Waals surface area contributed by atoms with Gasteiger partial charge in [0.2, 0.25) is 0 Å². The highest BCUT2D eigenvalue weighted by atomic mass is 19.1. The first-order chi connectivity index (χ1) is 9.47. The van der Waals surface area contributed by atoms with Crippen LogP contribution in [0.3, 0.4) is 0 Å². The van der Waals surface area contributed by atoms with Crippen LogP contribution in [-0.2, 0) is 0 Å². The molecule has 110 valence electrons. The maximum atomic E-state index is 14.0. The Labute approximate surface area is 118 Å². The molecule has 1 aliphatic heterocycles. The van der Waals surface area contributed by atoms with Gasteiger partial charge in [0.15, 0.2) is 0 Å². The summed E-state index contributed by atoms with van der Waals surface area (Å²) in [6.45, 7) is 2.71. The van der Waals surface area contributed by atoms with Crippen LogP contribution in [0.2, 0.25) is 0 Å². The van der Waals surface area contributed by atoms with Crippen LogP contribution in [0.25, 0.3) is 0 Å². The van der Waals surface area contributed by atoms with E-state index in [-0.39, 0.29) is 5.56 Å². The van der Waals surface area contributed by atoms with Crippen LogP contribution in [0.15, 0.2) is 18.2 Å². The van der Waals surface area contributed by atoms with E-state index in [1.807, 2.05) is 4.90 Å². The second kappa shape index (κ2) is 6.22. The molecule has 4 nitrogen and oxygen atoms in total. The van der Waals surface area contributed by atoms with Gasteiger partial charge in [-0.1, -0.05) is 0 Å². The van der Waals surface area contributed by atoms with Crippen molar-refractivity contribution in [3.05, 3.63) is 29.6 Å². The minimum atomic E-state index is -1.10. The summed E-state index contributed by atoms with van der Waals surface area (Å²) in [4.78, 5) is 15.0. The van der Waals surface area contributed by atoms with Crippen LogP contribution in [-0.4, -0.2) is 49.7 Å². The third-order valence-corrected chi connectivity index (χ3v) is 3.77. The number of carboxylic acid groups (broad SMARTS) is 1. The van der Waals surface area contributed by atoms with E-state index < -0.39 is 11.8 Å². The summed E-state index contributed by atoms with van der Waals surface area (Å²) >= 11 is 0. The molecule has 2 rings (SSSR count). The van der Waals surface area contributed by atoms with E-state index >= 15 is 0 Å². The molecule has 0 bridgehead atoms. The maximum Gasteiger partial charge on any atom is 0.335 e. The third-order valence-electron chi connectivity index (χ3n) is 3.77. The lowest BCUT2D eigenvalue weighted by molar-refractivity contribution is 0.0696. The van der Waals surface area contributed by atoms with Gasteiger partial charge in [-0.25, -0.2) is 9.18 Å². The van der Waals surface area contributed by atoms with Gasteiger partial charge in [-0.3, -0.25) is 0 Å². The summed E-state index contributed by atoms with van der Waals surface area (Å²) in [6, 6.07) is 4.14. The summed E-state index contributed by atoms with van der Waals surface area (Å²) in [7, 11) is 4.13. The van der Waals surface area contributed by atoms with Crippen LogP contribution in [0.5, 0.6) is 0 Å². The first-order valence-corrected chi connectivity index (χ1v) is 6.90. The number of halogens is 1. The molecule has 1 aromatic rings. The van der Waals surface area contributed by atoms with Gasteiger partial charge >= 0.3 is 5.97 Å². The fraction of sp³-hybridized carbons (Fsp3) is 0.533. The summed E-state index contributed by atoms with van der Waals surface area (Å²) in [5.74, 6) is -0.890. The van der Waals surface area contributed by atoms with Gasteiger partial charge in [0.05, 0.1) is 11.3 Å². The highest BCUT2D eigenvalue weighted by Crippen LogP contribution is 2.26. The fourth-order valence-electron chi connectivity index (χ4n) is 2.77. The Hall–Kier alpha value is -1.62. The third kappa shape index (κ3) is 3.48. The molecule has 0 amide bonds. The molecule has 1 N–H and O–H groups in total. The number of aromatic carboxylic acids is 1. The van der Waals surface area contributed by atoms with Gasteiger partial charge in [0.25, 0.3) is 0 Å². The van der Waals surface area contributed by atoms with Gasteiger partial charge in [0.1, 0.15) is 5.82 Å². The molecule has 0 aliphatic carbocycles. The van der Waals surface area contributed by atoms with Crippen molar-refractivity contribution in [3.63, 3.8) is 0 Å². The quantitative estimate of drug-likeness (QED) is 0.919. The first-order valence-electron chi connectivity index (χ1n) is 6.90. The zero-order valence-corrected chi connectivity index (χ0v) is 12.0.